The molecule has 1 atom stereocenters. The van der Waals surface area contributed by atoms with Crippen molar-refractivity contribution in [3.8, 4) is 11.5 Å². The Morgan fingerprint density at radius 1 is 0.750 bits per heavy atom. The molecular formula is C29H32F6N3O2+. The molecule has 0 aliphatic carbocycles. The summed E-state index contributed by atoms with van der Waals surface area (Å²) in [5.74, 6) is 1.18. The van der Waals surface area contributed by atoms with E-state index in [2.05, 4.69) is 0 Å². The van der Waals surface area contributed by atoms with E-state index in [0.29, 0.717) is 30.2 Å². The molecule has 0 bridgehead atoms. The number of alkyl halides is 6. The molecule has 1 fully saturated rings. The normalized spacial score (nSPS) is 16.1. The average Bonchev–Trinajstić information content (AvgIpc) is 2.94. The lowest BCUT2D eigenvalue weighted by atomic mass is 10.0. The Balaban J connectivity index is 1.67. The number of halogens is 6. The highest BCUT2D eigenvalue weighted by molar-refractivity contribution is 5.61. The van der Waals surface area contributed by atoms with Crippen LogP contribution >= 0.6 is 0 Å². The first-order chi connectivity index (χ1) is 19.0. The smallest absolute Gasteiger partial charge is 0.497 e. The Morgan fingerprint density at radius 3 is 1.85 bits per heavy atom. The van der Waals surface area contributed by atoms with Gasteiger partial charge >= 0.3 is 12.6 Å². The number of piperazine rings is 1. The number of hydrogen-bond acceptors (Lipinski definition) is 4. The summed E-state index contributed by atoms with van der Waals surface area (Å²) in [6.07, 6.45) is -11.2. The number of ether oxygens (including phenoxy) is 2. The number of benzene rings is 3. The van der Waals surface area contributed by atoms with Crippen LogP contribution < -0.4 is 14.4 Å². The van der Waals surface area contributed by atoms with Crippen molar-refractivity contribution in [2.24, 2.45) is 0 Å². The van der Waals surface area contributed by atoms with Crippen molar-refractivity contribution in [2.45, 2.75) is 25.2 Å². The molecule has 1 unspecified atom stereocenters. The number of rotatable bonds is 9. The average molecular weight is 569 g/mol. The molecule has 0 amide bonds. The van der Waals surface area contributed by atoms with Crippen molar-refractivity contribution in [3.63, 3.8) is 0 Å². The van der Waals surface area contributed by atoms with Crippen molar-refractivity contribution >= 4 is 5.69 Å². The van der Waals surface area contributed by atoms with Crippen molar-refractivity contribution in [1.29, 1.82) is 0 Å². The van der Waals surface area contributed by atoms with Crippen LogP contribution in [-0.2, 0) is 6.54 Å². The highest BCUT2D eigenvalue weighted by Gasteiger charge is 2.71. The van der Waals surface area contributed by atoms with Gasteiger partial charge in [-0.3, -0.25) is 4.90 Å². The molecule has 1 aliphatic heterocycles. The summed E-state index contributed by atoms with van der Waals surface area (Å²) in [5, 5.41) is 0. The molecule has 0 N–H and O–H groups in total. The van der Waals surface area contributed by atoms with Crippen LogP contribution in [0.2, 0.25) is 0 Å². The maximum atomic E-state index is 14.6. The summed E-state index contributed by atoms with van der Waals surface area (Å²) in [4.78, 5) is 3.73. The third-order valence-electron chi connectivity index (χ3n) is 7.42. The molecule has 3 aromatic carbocycles. The van der Waals surface area contributed by atoms with Crippen LogP contribution in [0.5, 0.6) is 11.5 Å². The predicted molar refractivity (Wildman–Crippen MR) is 140 cm³/mol. The van der Waals surface area contributed by atoms with Crippen LogP contribution in [-0.4, -0.2) is 68.9 Å². The quantitative estimate of drug-likeness (QED) is 0.165. The van der Waals surface area contributed by atoms with Crippen LogP contribution in [0.4, 0.5) is 32.0 Å². The minimum atomic E-state index is -5.58. The third-order valence-corrected chi connectivity index (χ3v) is 7.42. The lowest BCUT2D eigenvalue weighted by molar-refractivity contribution is -1.12. The number of anilines is 1. The summed E-state index contributed by atoms with van der Waals surface area (Å²) >= 11 is 0. The summed E-state index contributed by atoms with van der Waals surface area (Å²) in [7, 11) is 3.06. The topological polar surface area (TPSA) is 24.9 Å². The van der Waals surface area contributed by atoms with Gasteiger partial charge in [0, 0.05) is 37.8 Å². The van der Waals surface area contributed by atoms with Gasteiger partial charge in [0.2, 0.25) is 0 Å². The van der Waals surface area contributed by atoms with Crippen molar-refractivity contribution in [2.75, 3.05) is 51.8 Å². The van der Waals surface area contributed by atoms with Crippen molar-refractivity contribution in [1.82, 2.24) is 4.90 Å². The first kappa shape index (κ1) is 29.5. The van der Waals surface area contributed by atoms with Gasteiger partial charge in [-0.2, -0.15) is 0 Å². The van der Waals surface area contributed by atoms with Gasteiger partial charge in [0.25, 0.3) is 0 Å². The molecule has 4 rings (SSSR count). The molecule has 1 aliphatic rings. The predicted octanol–water partition coefficient (Wildman–Crippen LogP) is 6.62. The van der Waals surface area contributed by atoms with E-state index in [1.807, 2.05) is 11.0 Å². The molecular weight excluding hydrogens is 536 g/mol. The molecule has 5 nitrogen and oxygen atoms in total. The maximum absolute atomic E-state index is 14.6. The Kier molecular flexibility index (Phi) is 8.84. The first-order valence-electron chi connectivity index (χ1n) is 12.8. The fourth-order valence-corrected chi connectivity index (χ4v) is 5.21. The molecule has 40 heavy (non-hydrogen) atoms. The van der Waals surface area contributed by atoms with Gasteiger partial charge in [0.15, 0.2) is 0 Å². The molecule has 1 saturated heterocycles. The minimum Gasteiger partial charge on any atom is -0.497 e. The molecule has 0 radical (unpaired) electrons. The summed E-state index contributed by atoms with van der Waals surface area (Å²) < 4.78 is 95.5. The SMILES string of the molecule is COc1ccc(N2CCN(C(C[N+](Cc3ccccc3)(C(F)(F)F)C(F)(F)F)c3ccccc3)CC2)c(OC)c1. The van der Waals surface area contributed by atoms with Gasteiger partial charge in [0.05, 0.1) is 25.9 Å². The molecule has 1 heterocycles. The second-order valence-electron chi connectivity index (χ2n) is 9.72. The van der Waals surface area contributed by atoms with E-state index >= 15 is 0 Å². The second kappa shape index (κ2) is 12.0. The third kappa shape index (κ3) is 6.15. The zero-order valence-electron chi connectivity index (χ0n) is 22.3. The van der Waals surface area contributed by atoms with E-state index in [1.165, 1.54) is 38.5 Å². The lowest BCUT2D eigenvalue weighted by Crippen LogP contribution is -2.67. The summed E-state index contributed by atoms with van der Waals surface area (Å²) in [6.45, 7) is -1.16. The summed E-state index contributed by atoms with van der Waals surface area (Å²) in [6, 6.07) is 19.4. The zero-order chi connectivity index (χ0) is 29.0. The van der Waals surface area contributed by atoms with E-state index in [9.17, 15) is 26.3 Å². The molecule has 0 aromatic heterocycles. The van der Waals surface area contributed by atoms with Crippen molar-refractivity contribution in [3.05, 3.63) is 90.0 Å². The van der Waals surface area contributed by atoms with Crippen LogP contribution in [0.3, 0.4) is 0 Å². The molecule has 216 valence electrons. The van der Waals surface area contributed by atoms with Crippen LogP contribution in [0, 0.1) is 0 Å². The summed E-state index contributed by atoms with van der Waals surface area (Å²) in [5.41, 5.74) is 1.14. The van der Waals surface area contributed by atoms with E-state index in [1.54, 1.807) is 53.4 Å². The Hall–Kier alpha value is -3.44. The molecule has 0 spiro atoms. The molecule has 11 heteroatoms. The van der Waals surface area contributed by atoms with E-state index < -0.39 is 36.2 Å². The van der Waals surface area contributed by atoms with Crippen LogP contribution in [0.1, 0.15) is 17.2 Å². The van der Waals surface area contributed by atoms with E-state index in [-0.39, 0.29) is 18.7 Å². The number of hydrogen-bond donors (Lipinski definition) is 0. The Bertz CT molecular complexity index is 1220. The highest BCUT2D eigenvalue weighted by atomic mass is 19.4. The van der Waals surface area contributed by atoms with Gasteiger partial charge in [0.1, 0.15) is 24.6 Å². The number of methoxy groups -OCH3 is 2. The van der Waals surface area contributed by atoms with Gasteiger partial charge in [-0.15, -0.1) is 30.8 Å². The van der Waals surface area contributed by atoms with Crippen LogP contribution in [0.15, 0.2) is 78.9 Å². The monoisotopic (exact) mass is 568 g/mol. The maximum Gasteiger partial charge on any atom is 0.568 e. The minimum absolute atomic E-state index is 0.0413. The van der Waals surface area contributed by atoms with E-state index in [0.717, 1.165) is 5.69 Å². The molecule has 3 aromatic rings. The number of quaternary nitrogens is 1. The molecule has 0 saturated carbocycles. The fourth-order valence-electron chi connectivity index (χ4n) is 5.21. The van der Waals surface area contributed by atoms with Crippen LogP contribution in [0.25, 0.3) is 0 Å². The standard InChI is InChI=1S/C29H32F6N3O2/c1-39-24-13-14-25(27(19-24)40-2)36-15-17-37(18-16-36)26(23-11-7-4-8-12-23)21-38(28(30,31)32,29(33,34)35)20-22-9-5-3-6-10-22/h3-14,19,26H,15-18,20-21H2,1-2H3/q+1. The van der Waals surface area contributed by atoms with Crippen molar-refractivity contribution < 1.29 is 40.3 Å². The highest BCUT2D eigenvalue weighted by Crippen LogP contribution is 2.47. The van der Waals surface area contributed by atoms with Gasteiger partial charge in [-0.25, -0.2) is 0 Å². The Morgan fingerprint density at radius 2 is 1.32 bits per heavy atom. The second-order valence-corrected chi connectivity index (χ2v) is 9.72. The Labute approximate surface area is 229 Å². The van der Waals surface area contributed by atoms with Gasteiger partial charge in [-0.05, 0) is 17.7 Å². The first-order valence-corrected chi connectivity index (χ1v) is 12.8. The fraction of sp³-hybridized carbons (Fsp3) is 0.379. The van der Waals surface area contributed by atoms with E-state index in [4.69, 9.17) is 9.47 Å². The zero-order valence-corrected chi connectivity index (χ0v) is 22.3. The number of nitrogens with zero attached hydrogens (tertiary/aromatic N) is 3. The lowest BCUT2D eigenvalue weighted by Gasteiger charge is -2.45. The van der Waals surface area contributed by atoms with Gasteiger partial charge in [-0.1, -0.05) is 60.7 Å². The van der Waals surface area contributed by atoms with Gasteiger partial charge < -0.3 is 14.4 Å². The largest absolute Gasteiger partial charge is 0.568 e.